The van der Waals surface area contributed by atoms with Gasteiger partial charge in [0.05, 0.1) is 5.69 Å². The predicted octanol–water partition coefficient (Wildman–Crippen LogP) is 2.98. The van der Waals surface area contributed by atoms with Crippen molar-refractivity contribution in [3.05, 3.63) is 59.7 Å². The van der Waals surface area contributed by atoms with Crippen LogP contribution in [0, 0.1) is 0 Å². The van der Waals surface area contributed by atoms with Crippen LogP contribution in [0.1, 0.15) is 15.9 Å². The summed E-state index contributed by atoms with van der Waals surface area (Å²) in [5.74, 6) is -0.177. The first-order valence-corrected chi connectivity index (χ1v) is 6.65. The second-order valence-electron chi connectivity index (χ2n) is 4.85. The van der Waals surface area contributed by atoms with Crippen LogP contribution in [0.5, 0.6) is 0 Å². The van der Waals surface area contributed by atoms with Gasteiger partial charge in [-0.15, -0.1) is 0 Å². The Kier molecular flexibility index (Phi) is 3.31. The summed E-state index contributed by atoms with van der Waals surface area (Å²) in [5, 5.41) is 11.9. The van der Waals surface area contributed by atoms with Crippen LogP contribution in [-0.2, 0) is 6.42 Å². The highest BCUT2D eigenvalue weighted by molar-refractivity contribution is 6.04. The molecule has 0 spiro atoms. The Morgan fingerprint density at radius 1 is 1.10 bits per heavy atom. The van der Waals surface area contributed by atoms with Gasteiger partial charge >= 0.3 is 6.09 Å². The maximum absolute atomic E-state index is 12.1. The van der Waals surface area contributed by atoms with Gasteiger partial charge in [0.15, 0.2) is 0 Å². The molecule has 5 nitrogen and oxygen atoms in total. The quantitative estimate of drug-likeness (QED) is 0.889. The number of hydrogen-bond donors (Lipinski definition) is 2. The lowest BCUT2D eigenvalue weighted by atomic mass is 10.1. The van der Waals surface area contributed by atoms with Gasteiger partial charge in [-0.3, -0.25) is 9.69 Å². The lowest BCUT2D eigenvalue weighted by Gasteiger charge is -2.13. The first-order chi connectivity index (χ1) is 10.1. The van der Waals surface area contributed by atoms with E-state index in [-0.39, 0.29) is 5.91 Å². The van der Waals surface area contributed by atoms with Crippen molar-refractivity contribution in [2.75, 3.05) is 16.8 Å². The fourth-order valence-electron chi connectivity index (χ4n) is 2.47. The van der Waals surface area contributed by atoms with Crippen molar-refractivity contribution >= 4 is 23.4 Å². The number of fused-ring (bicyclic) bond motifs is 1. The summed E-state index contributed by atoms with van der Waals surface area (Å²) in [6.07, 6.45) is -0.286. The molecule has 0 unspecified atom stereocenters. The lowest BCUT2D eigenvalue weighted by Crippen LogP contribution is -2.26. The van der Waals surface area contributed by atoms with E-state index in [1.807, 2.05) is 24.3 Å². The third-order valence-electron chi connectivity index (χ3n) is 3.50. The highest BCUT2D eigenvalue weighted by Crippen LogP contribution is 2.30. The molecule has 0 atom stereocenters. The summed E-state index contributed by atoms with van der Waals surface area (Å²) < 4.78 is 0. The van der Waals surface area contributed by atoms with E-state index in [9.17, 15) is 9.59 Å². The Morgan fingerprint density at radius 3 is 2.57 bits per heavy atom. The van der Waals surface area contributed by atoms with Gasteiger partial charge in [-0.1, -0.05) is 18.2 Å². The molecule has 2 N–H and O–H groups in total. The van der Waals surface area contributed by atoms with E-state index in [4.69, 9.17) is 5.11 Å². The van der Waals surface area contributed by atoms with Gasteiger partial charge < -0.3 is 10.4 Å². The largest absolute Gasteiger partial charge is 0.465 e. The molecule has 5 heteroatoms. The van der Waals surface area contributed by atoms with E-state index in [2.05, 4.69) is 5.32 Å². The third-order valence-corrected chi connectivity index (χ3v) is 3.50. The second-order valence-corrected chi connectivity index (χ2v) is 4.85. The van der Waals surface area contributed by atoms with Gasteiger partial charge in [0.25, 0.3) is 5.91 Å². The van der Waals surface area contributed by atoms with E-state index in [1.165, 1.54) is 4.90 Å². The van der Waals surface area contributed by atoms with Crippen LogP contribution >= 0.6 is 0 Å². The Bertz CT molecular complexity index is 698. The molecule has 2 amide bonds. The zero-order chi connectivity index (χ0) is 14.8. The number of carbonyl (C=O) groups is 2. The zero-order valence-corrected chi connectivity index (χ0v) is 11.2. The fourth-order valence-corrected chi connectivity index (χ4v) is 2.47. The van der Waals surface area contributed by atoms with Crippen molar-refractivity contribution in [3.63, 3.8) is 0 Å². The van der Waals surface area contributed by atoms with E-state index >= 15 is 0 Å². The molecule has 0 aromatic heterocycles. The number of nitrogens with one attached hydrogen (secondary N) is 1. The molecule has 0 aliphatic carbocycles. The lowest BCUT2D eigenvalue weighted by molar-refractivity contribution is 0.102. The molecule has 2 aromatic rings. The number of amides is 2. The average molecular weight is 282 g/mol. The van der Waals surface area contributed by atoms with Crippen LogP contribution in [0.25, 0.3) is 0 Å². The Labute approximate surface area is 121 Å². The predicted molar refractivity (Wildman–Crippen MR) is 79.9 cm³/mol. The molecule has 3 rings (SSSR count). The number of benzene rings is 2. The molecule has 0 bridgehead atoms. The summed E-state index contributed by atoms with van der Waals surface area (Å²) in [5.41, 5.74) is 2.89. The normalized spacial score (nSPS) is 12.9. The first kappa shape index (κ1) is 13.2. The molecule has 1 heterocycles. The minimum Gasteiger partial charge on any atom is -0.465 e. The maximum atomic E-state index is 12.1. The van der Waals surface area contributed by atoms with E-state index in [1.54, 1.807) is 24.3 Å². The molecule has 0 radical (unpaired) electrons. The highest BCUT2D eigenvalue weighted by atomic mass is 16.4. The number of nitrogens with zero attached hydrogens (tertiary/aromatic N) is 1. The van der Waals surface area contributed by atoms with Crippen molar-refractivity contribution in [2.45, 2.75) is 6.42 Å². The van der Waals surface area contributed by atoms with E-state index < -0.39 is 6.09 Å². The number of carbonyl (C=O) groups excluding carboxylic acids is 1. The summed E-state index contributed by atoms with van der Waals surface area (Å²) in [6.45, 7) is 0.459. The van der Waals surface area contributed by atoms with Gasteiger partial charge in [-0.25, -0.2) is 4.79 Å². The number of carboxylic acid groups (broad SMARTS) is 1. The summed E-state index contributed by atoms with van der Waals surface area (Å²) in [7, 11) is 0. The molecular formula is C16H14N2O3. The minimum absolute atomic E-state index is 0.177. The van der Waals surface area contributed by atoms with Gasteiger partial charge in [-0.05, 0) is 42.3 Å². The van der Waals surface area contributed by atoms with Crippen LogP contribution in [-0.4, -0.2) is 23.7 Å². The first-order valence-electron chi connectivity index (χ1n) is 6.65. The van der Waals surface area contributed by atoms with Gasteiger partial charge in [0.1, 0.15) is 0 Å². The van der Waals surface area contributed by atoms with Gasteiger partial charge in [0, 0.05) is 17.8 Å². The maximum Gasteiger partial charge on any atom is 0.411 e. The SMILES string of the molecule is O=C(Nc1ccc2c(c1)CCN2C(=O)O)c1ccccc1. The van der Waals surface area contributed by atoms with Crippen LogP contribution in [0.4, 0.5) is 16.2 Å². The fraction of sp³-hybridized carbons (Fsp3) is 0.125. The van der Waals surface area contributed by atoms with Gasteiger partial charge in [-0.2, -0.15) is 0 Å². The molecule has 1 aliphatic rings. The highest BCUT2D eigenvalue weighted by Gasteiger charge is 2.24. The van der Waals surface area contributed by atoms with Crippen molar-refractivity contribution in [2.24, 2.45) is 0 Å². The topological polar surface area (TPSA) is 69.6 Å². The van der Waals surface area contributed by atoms with Gasteiger partial charge in [0.2, 0.25) is 0 Å². The molecular weight excluding hydrogens is 268 g/mol. The average Bonchev–Trinajstić information content (AvgIpc) is 2.91. The monoisotopic (exact) mass is 282 g/mol. The summed E-state index contributed by atoms with van der Waals surface area (Å²) in [4.78, 5) is 24.5. The smallest absolute Gasteiger partial charge is 0.411 e. The number of anilines is 2. The molecule has 2 aromatic carbocycles. The zero-order valence-electron chi connectivity index (χ0n) is 11.2. The summed E-state index contributed by atoms with van der Waals surface area (Å²) in [6, 6.07) is 14.2. The minimum atomic E-state index is -0.949. The standard InChI is InChI=1S/C16H14N2O3/c19-15(11-4-2-1-3-5-11)17-13-6-7-14-12(10-13)8-9-18(14)16(20)21/h1-7,10H,8-9H2,(H,17,19)(H,20,21). The molecule has 21 heavy (non-hydrogen) atoms. The molecule has 0 saturated heterocycles. The van der Waals surface area contributed by atoms with Crippen LogP contribution < -0.4 is 10.2 Å². The second kappa shape index (κ2) is 5.28. The van der Waals surface area contributed by atoms with Crippen molar-refractivity contribution in [1.82, 2.24) is 0 Å². The van der Waals surface area contributed by atoms with Crippen molar-refractivity contribution in [1.29, 1.82) is 0 Å². The molecule has 0 saturated carbocycles. The van der Waals surface area contributed by atoms with Crippen molar-refractivity contribution in [3.8, 4) is 0 Å². The van der Waals surface area contributed by atoms with Crippen LogP contribution in [0.15, 0.2) is 48.5 Å². The summed E-state index contributed by atoms with van der Waals surface area (Å²) >= 11 is 0. The molecule has 1 aliphatic heterocycles. The van der Waals surface area contributed by atoms with Crippen LogP contribution in [0.3, 0.4) is 0 Å². The third kappa shape index (κ3) is 2.58. The van der Waals surface area contributed by atoms with E-state index in [0.717, 1.165) is 5.56 Å². The van der Waals surface area contributed by atoms with Crippen LogP contribution in [0.2, 0.25) is 0 Å². The Balaban J connectivity index is 1.80. The number of rotatable bonds is 2. The van der Waals surface area contributed by atoms with E-state index in [0.29, 0.717) is 29.9 Å². The molecule has 106 valence electrons. The Hall–Kier alpha value is -2.82. The molecule has 0 fully saturated rings. The number of hydrogen-bond acceptors (Lipinski definition) is 2. The Morgan fingerprint density at radius 2 is 1.86 bits per heavy atom. The van der Waals surface area contributed by atoms with Crippen molar-refractivity contribution < 1.29 is 14.7 Å².